The number of ether oxygens (including phenoxy) is 3. The van der Waals surface area contributed by atoms with E-state index in [1.807, 2.05) is 25.1 Å². The molecule has 196 valence electrons. The van der Waals surface area contributed by atoms with Crippen molar-refractivity contribution < 1.29 is 19.0 Å². The maximum Gasteiger partial charge on any atom is 0.338 e. The molecule has 0 fully saturated rings. The topological polar surface area (TPSA) is 103 Å². The van der Waals surface area contributed by atoms with Gasteiger partial charge in [0.05, 0.1) is 39.5 Å². The molecule has 2 aromatic carbocycles. The quantitative estimate of drug-likeness (QED) is 0.345. The molecule has 0 amide bonds. The maximum absolute atomic E-state index is 13.8. The van der Waals surface area contributed by atoms with Crippen molar-refractivity contribution in [3.63, 3.8) is 0 Å². The highest BCUT2D eigenvalue weighted by molar-refractivity contribution is 9.10. The second-order valence-electron chi connectivity index (χ2n) is 8.06. The highest BCUT2D eigenvalue weighted by Crippen LogP contribution is 2.34. The fraction of sp³-hybridized carbons (Fsp3) is 0.259. The van der Waals surface area contributed by atoms with Crippen molar-refractivity contribution in [1.82, 2.24) is 4.57 Å². The third kappa shape index (κ3) is 5.55. The summed E-state index contributed by atoms with van der Waals surface area (Å²) in [6.07, 6.45) is 1.64. The van der Waals surface area contributed by atoms with Crippen molar-refractivity contribution >= 4 is 50.9 Å². The summed E-state index contributed by atoms with van der Waals surface area (Å²) in [5, 5.41) is 9.41. The Morgan fingerprint density at radius 1 is 1.24 bits per heavy atom. The summed E-state index contributed by atoms with van der Waals surface area (Å²) in [4.78, 5) is 31.9. The molecule has 0 aliphatic carbocycles. The maximum atomic E-state index is 13.8. The fourth-order valence-corrected chi connectivity index (χ4v) is 6.09. The van der Waals surface area contributed by atoms with Gasteiger partial charge in [0.15, 0.2) is 11.4 Å². The highest BCUT2D eigenvalue weighted by atomic mass is 79.9. The largest absolute Gasteiger partial charge is 0.494 e. The van der Waals surface area contributed by atoms with Crippen LogP contribution in [0.3, 0.4) is 0 Å². The molecule has 8 nitrogen and oxygen atoms in total. The summed E-state index contributed by atoms with van der Waals surface area (Å²) in [7, 11) is 0. The van der Waals surface area contributed by atoms with Crippen LogP contribution in [0.2, 0.25) is 5.02 Å². The Hall–Kier alpha value is -3.39. The summed E-state index contributed by atoms with van der Waals surface area (Å²) in [6.45, 7) is 5.87. The number of aromatic nitrogens is 1. The number of carbonyl (C=O) groups is 1. The molecule has 38 heavy (non-hydrogen) atoms. The van der Waals surface area contributed by atoms with Gasteiger partial charge in [-0.3, -0.25) is 9.36 Å². The van der Waals surface area contributed by atoms with Crippen molar-refractivity contribution in [3.8, 4) is 17.6 Å². The fourth-order valence-electron chi connectivity index (χ4n) is 4.11. The monoisotopic (exact) mass is 615 g/mol. The molecular weight excluding hydrogens is 594 g/mol. The van der Waals surface area contributed by atoms with Gasteiger partial charge in [0.1, 0.15) is 17.6 Å². The van der Waals surface area contributed by atoms with Crippen LogP contribution in [0, 0.1) is 11.3 Å². The van der Waals surface area contributed by atoms with Crippen molar-refractivity contribution in [2.45, 2.75) is 26.8 Å². The van der Waals surface area contributed by atoms with Gasteiger partial charge in [0, 0.05) is 10.6 Å². The molecule has 2 heterocycles. The lowest BCUT2D eigenvalue weighted by Crippen LogP contribution is -2.39. The normalized spacial score (nSPS) is 14.9. The van der Waals surface area contributed by atoms with Gasteiger partial charge in [-0.25, -0.2) is 9.79 Å². The molecule has 0 unspecified atom stereocenters. The average molecular weight is 617 g/mol. The highest BCUT2D eigenvalue weighted by Gasteiger charge is 2.33. The van der Waals surface area contributed by atoms with Crippen LogP contribution >= 0.6 is 38.9 Å². The molecule has 0 saturated heterocycles. The minimum Gasteiger partial charge on any atom is -0.494 e. The summed E-state index contributed by atoms with van der Waals surface area (Å²) in [5.41, 5.74) is 1.65. The Morgan fingerprint density at radius 3 is 2.63 bits per heavy atom. The van der Waals surface area contributed by atoms with Crippen LogP contribution in [-0.2, 0) is 9.53 Å². The van der Waals surface area contributed by atoms with E-state index in [4.69, 9.17) is 31.1 Å². The van der Waals surface area contributed by atoms with Crippen LogP contribution in [0.4, 0.5) is 0 Å². The number of nitriles is 1. The van der Waals surface area contributed by atoms with Crippen LogP contribution in [0.1, 0.15) is 37.9 Å². The standard InChI is InChI=1S/C27H23BrClN3O5S/c1-4-35-19-8-6-16(7-9-19)23-22(26(34)36-5-2)15(3)31-27-32(23)25(33)21(38-27)13-17-12-18(29)14-20(28)24(17)37-11-10-30/h6-9,12-14,23H,4-5,11H2,1-3H3/b21-13-/t23-/m0/s1. The molecule has 1 aliphatic rings. The Bertz CT molecular complexity index is 1640. The Morgan fingerprint density at radius 2 is 1.97 bits per heavy atom. The van der Waals surface area contributed by atoms with Crippen LogP contribution in [0.5, 0.6) is 11.5 Å². The molecule has 11 heteroatoms. The number of hydrogen-bond acceptors (Lipinski definition) is 8. The summed E-state index contributed by atoms with van der Waals surface area (Å²) < 4.78 is 18.9. The van der Waals surface area contributed by atoms with Gasteiger partial charge in [-0.1, -0.05) is 35.1 Å². The minimum absolute atomic E-state index is 0.178. The van der Waals surface area contributed by atoms with Crippen LogP contribution in [0.15, 0.2) is 61.9 Å². The van der Waals surface area contributed by atoms with Crippen molar-refractivity contribution in [3.05, 3.63) is 88.0 Å². The zero-order chi connectivity index (χ0) is 27.4. The van der Waals surface area contributed by atoms with E-state index in [9.17, 15) is 9.59 Å². The molecule has 0 radical (unpaired) electrons. The number of carbonyl (C=O) groups excluding carboxylic acids is 1. The third-order valence-electron chi connectivity index (χ3n) is 5.63. The van der Waals surface area contributed by atoms with Gasteiger partial charge in [-0.05, 0) is 72.6 Å². The summed E-state index contributed by atoms with van der Waals surface area (Å²) in [6, 6.07) is 11.7. The van der Waals surface area contributed by atoms with Crippen molar-refractivity contribution in [1.29, 1.82) is 5.26 Å². The number of hydrogen-bond donors (Lipinski definition) is 0. The Balaban J connectivity index is 1.94. The second-order valence-corrected chi connectivity index (χ2v) is 10.4. The molecule has 3 aromatic rings. The third-order valence-corrected chi connectivity index (χ3v) is 7.42. The van der Waals surface area contributed by atoms with Crippen LogP contribution < -0.4 is 24.4 Å². The van der Waals surface area contributed by atoms with Gasteiger partial charge in [0.25, 0.3) is 5.56 Å². The summed E-state index contributed by atoms with van der Waals surface area (Å²) in [5.74, 6) is 0.527. The van der Waals surface area contributed by atoms with E-state index in [0.717, 1.165) is 0 Å². The lowest BCUT2D eigenvalue weighted by atomic mass is 9.96. The van der Waals surface area contributed by atoms with Gasteiger partial charge in [0.2, 0.25) is 0 Å². The smallest absolute Gasteiger partial charge is 0.338 e. The number of nitrogens with zero attached hydrogens (tertiary/aromatic N) is 3. The lowest BCUT2D eigenvalue weighted by molar-refractivity contribution is -0.139. The number of allylic oxidation sites excluding steroid dienone is 1. The number of benzene rings is 2. The van der Waals surface area contributed by atoms with Crippen molar-refractivity contribution in [2.24, 2.45) is 4.99 Å². The molecule has 1 aromatic heterocycles. The molecule has 1 atom stereocenters. The van der Waals surface area contributed by atoms with E-state index in [2.05, 4.69) is 20.9 Å². The first-order valence-electron chi connectivity index (χ1n) is 11.7. The molecular formula is C27H23BrClN3O5S. The summed E-state index contributed by atoms with van der Waals surface area (Å²) >= 11 is 10.9. The predicted molar refractivity (Wildman–Crippen MR) is 148 cm³/mol. The van der Waals surface area contributed by atoms with Crippen LogP contribution in [-0.4, -0.2) is 30.4 Å². The van der Waals surface area contributed by atoms with Gasteiger partial charge < -0.3 is 14.2 Å². The number of esters is 1. The van der Waals surface area contributed by atoms with Gasteiger partial charge in [-0.15, -0.1) is 0 Å². The molecule has 0 saturated carbocycles. The van der Waals surface area contributed by atoms with E-state index in [1.165, 1.54) is 15.9 Å². The Kier molecular flexibility index (Phi) is 8.72. The van der Waals surface area contributed by atoms with E-state index in [1.54, 1.807) is 44.2 Å². The first-order valence-corrected chi connectivity index (χ1v) is 13.7. The average Bonchev–Trinajstić information content (AvgIpc) is 3.17. The SMILES string of the molecule is CCOC(=O)C1=C(C)N=c2s/c(=C\c3cc(Cl)cc(Br)c3OCC#N)c(=O)n2[C@H]1c1ccc(OCC)cc1. The van der Waals surface area contributed by atoms with E-state index in [-0.39, 0.29) is 18.8 Å². The number of rotatable bonds is 8. The zero-order valence-corrected chi connectivity index (χ0v) is 23.9. The number of thiazole rings is 1. The van der Waals surface area contributed by atoms with E-state index < -0.39 is 12.0 Å². The van der Waals surface area contributed by atoms with E-state index >= 15 is 0 Å². The first-order chi connectivity index (χ1) is 18.3. The molecule has 0 spiro atoms. The van der Waals surface area contributed by atoms with Gasteiger partial charge >= 0.3 is 5.97 Å². The van der Waals surface area contributed by atoms with Crippen LogP contribution in [0.25, 0.3) is 6.08 Å². The predicted octanol–water partition coefficient (Wildman–Crippen LogP) is 4.52. The number of fused-ring (bicyclic) bond motifs is 1. The lowest BCUT2D eigenvalue weighted by Gasteiger charge is -2.24. The Labute approximate surface area is 236 Å². The van der Waals surface area contributed by atoms with E-state index in [0.29, 0.717) is 59.3 Å². The molecule has 1 aliphatic heterocycles. The second kappa shape index (κ2) is 12.0. The van der Waals surface area contributed by atoms with Crippen molar-refractivity contribution in [2.75, 3.05) is 19.8 Å². The van der Waals surface area contributed by atoms with Gasteiger partial charge in [-0.2, -0.15) is 5.26 Å². The minimum atomic E-state index is -0.747. The molecule has 0 N–H and O–H groups in total. The number of halogens is 2. The molecule has 4 rings (SSSR count). The zero-order valence-electron chi connectivity index (χ0n) is 20.8. The molecule has 0 bridgehead atoms. The first kappa shape index (κ1) is 27.6.